The molecule has 0 atom stereocenters. The number of amides is 2. The molecule has 2 N–H and O–H groups in total. The monoisotopic (exact) mass is 398 g/mol. The van der Waals surface area contributed by atoms with Gasteiger partial charge in [0.25, 0.3) is 11.8 Å². The van der Waals surface area contributed by atoms with Crippen molar-refractivity contribution in [3.8, 4) is 11.5 Å². The highest BCUT2D eigenvalue weighted by Crippen LogP contribution is 2.22. The zero-order chi connectivity index (χ0) is 21.2. The molecule has 0 saturated heterocycles. The molecule has 29 heavy (non-hydrogen) atoms. The number of carbonyl (C=O) groups excluding carboxylic acids is 2. The third-order valence-electron chi connectivity index (χ3n) is 4.03. The molecule has 0 heterocycles. The molecular formula is C21H26N4O4. The SMILES string of the molecule is COc1ccccc1NCC(=O)N/N=C(\C)c1ccc(OCC(=O)N(C)C)cc1. The molecule has 0 bridgehead atoms. The molecule has 0 aliphatic rings. The normalized spacial score (nSPS) is 10.8. The van der Waals surface area contributed by atoms with Gasteiger partial charge < -0.3 is 19.7 Å². The second-order valence-corrected chi connectivity index (χ2v) is 6.39. The lowest BCUT2D eigenvalue weighted by atomic mass is 10.1. The molecule has 2 aromatic rings. The Balaban J connectivity index is 1.85. The first-order chi connectivity index (χ1) is 13.9. The van der Waals surface area contributed by atoms with E-state index in [2.05, 4.69) is 15.8 Å². The molecule has 8 heteroatoms. The van der Waals surface area contributed by atoms with E-state index in [0.29, 0.717) is 17.2 Å². The minimum absolute atomic E-state index is 0.0192. The summed E-state index contributed by atoms with van der Waals surface area (Å²) < 4.78 is 10.7. The van der Waals surface area contributed by atoms with Crippen LogP contribution in [0.15, 0.2) is 53.6 Å². The number of likely N-dealkylation sites (N-methyl/N-ethyl adjacent to an activating group) is 1. The van der Waals surface area contributed by atoms with Crippen molar-refractivity contribution in [2.75, 3.05) is 39.7 Å². The predicted molar refractivity (Wildman–Crippen MR) is 112 cm³/mol. The number of methoxy groups -OCH3 is 1. The molecule has 0 aliphatic carbocycles. The van der Waals surface area contributed by atoms with Crippen molar-refractivity contribution in [3.63, 3.8) is 0 Å². The highest BCUT2D eigenvalue weighted by Gasteiger charge is 2.07. The van der Waals surface area contributed by atoms with Gasteiger partial charge >= 0.3 is 0 Å². The Morgan fingerprint density at radius 1 is 1.07 bits per heavy atom. The fraction of sp³-hybridized carbons (Fsp3) is 0.286. The number of carbonyl (C=O) groups is 2. The van der Waals surface area contributed by atoms with Crippen molar-refractivity contribution in [1.29, 1.82) is 0 Å². The highest BCUT2D eigenvalue weighted by atomic mass is 16.5. The molecular weight excluding hydrogens is 372 g/mol. The van der Waals surface area contributed by atoms with Crippen molar-refractivity contribution < 1.29 is 19.1 Å². The Morgan fingerprint density at radius 2 is 1.76 bits per heavy atom. The second kappa shape index (κ2) is 10.7. The molecule has 0 saturated carbocycles. The van der Waals surface area contributed by atoms with Crippen molar-refractivity contribution >= 4 is 23.2 Å². The lowest BCUT2D eigenvalue weighted by Gasteiger charge is -2.11. The number of hydrogen-bond donors (Lipinski definition) is 2. The summed E-state index contributed by atoms with van der Waals surface area (Å²) in [5.74, 6) is 0.852. The number of nitrogens with zero attached hydrogens (tertiary/aromatic N) is 2. The Kier molecular flexibility index (Phi) is 8.02. The number of anilines is 1. The largest absolute Gasteiger partial charge is 0.495 e. The molecule has 0 fully saturated rings. The third kappa shape index (κ3) is 6.84. The van der Waals surface area contributed by atoms with Gasteiger partial charge in [-0.3, -0.25) is 9.59 Å². The zero-order valence-corrected chi connectivity index (χ0v) is 17.1. The molecule has 2 aromatic carbocycles. The van der Waals surface area contributed by atoms with E-state index in [4.69, 9.17) is 9.47 Å². The molecule has 0 radical (unpaired) electrons. The van der Waals surface area contributed by atoms with Crippen molar-refractivity contribution in [2.24, 2.45) is 5.10 Å². The molecule has 0 unspecified atom stereocenters. The smallest absolute Gasteiger partial charge is 0.259 e. The van der Waals surface area contributed by atoms with Gasteiger partial charge in [-0.15, -0.1) is 0 Å². The summed E-state index contributed by atoms with van der Waals surface area (Å²) in [7, 11) is 4.92. The van der Waals surface area contributed by atoms with Gasteiger partial charge in [-0.1, -0.05) is 12.1 Å². The van der Waals surface area contributed by atoms with E-state index in [1.54, 1.807) is 40.3 Å². The minimum Gasteiger partial charge on any atom is -0.495 e. The molecule has 0 aromatic heterocycles. The molecule has 8 nitrogen and oxygen atoms in total. The van der Waals surface area contributed by atoms with E-state index in [0.717, 1.165) is 11.3 Å². The van der Waals surface area contributed by atoms with Gasteiger partial charge in [-0.2, -0.15) is 5.10 Å². The number of rotatable bonds is 9. The average molecular weight is 398 g/mol. The van der Waals surface area contributed by atoms with Gasteiger partial charge in [0.15, 0.2) is 6.61 Å². The van der Waals surface area contributed by atoms with Crippen molar-refractivity contribution in [3.05, 3.63) is 54.1 Å². The number of nitrogens with one attached hydrogen (secondary N) is 2. The number of para-hydroxylation sites is 2. The Morgan fingerprint density at radius 3 is 2.41 bits per heavy atom. The quantitative estimate of drug-likeness (QED) is 0.499. The summed E-state index contributed by atoms with van der Waals surface area (Å²) in [5.41, 5.74) is 4.72. The van der Waals surface area contributed by atoms with Crippen LogP contribution < -0.4 is 20.2 Å². The average Bonchev–Trinajstić information content (AvgIpc) is 2.74. The van der Waals surface area contributed by atoms with Gasteiger partial charge in [0.1, 0.15) is 11.5 Å². The van der Waals surface area contributed by atoms with Crippen LogP contribution in [0.5, 0.6) is 11.5 Å². The van der Waals surface area contributed by atoms with Gasteiger partial charge in [-0.05, 0) is 48.9 Å². The van der Waals surface area contributed by atoms with E-state index in [-0.39, 0.29) is 25.0 Å². The number of hydrogen-bond acceptors (Lipinski definition) is 6. The maximum absolute atomic E-state index is 12.0. The highest BCUT2D eigenvalue weighted by molar-refractivity contribution is 5.99. The Labute approximate surface area is 170 Å². The van der Waals surface area contributed by atoms with E-state index in [9.17, 15) is 9.59 Å². The fourth-order valence-corrected chi connectivity index (χ4v) is 2.28. The van der Waals surface area contributed by atoms with Crippen LogP contribution in [0.3, 0.4) is 0 Å². The minimum atomic E-state index is -0.280. The van der Waals surface area contributed by atoms with Crippen molar-refractivity contribution in [1.82, 2.24) is 10.3 Å². The van der Waals surface area contributed by atoms with Gasteiger partial charge in [0.05, 0.1) is 25.1 Å². The zero-order valence-electron chi connectivity index (χ0n) is 17.1. The predicted octanol–water partition coefficient (Wildman–Crippen LogP) is 2.11. The Hall–Kier alpha value is -3.55. The summed E-state index contributed by atoms with van der Waals surface area (Å²) in [4.78, 5) is 25.1. The van der Waals surface area contributed by atoms with Crippen LogP contribution in [-0.4, -0.2) is 56.8 Å². The number of benzene rings is 2. The molecule has 154 valence electrons. The van der Waals surface area contributed by atoms with Gasteiger partial charge in [0.2, 0.25) is 0 Å². The maximum atomic E-state index is 12.0. The van der Waals surface area contributed by atoms with E-state index in [1.165, 1.54) is 4.90 Å². The maximum Gasteiger partial charge on any atom is 0.259 e. The molecule has 0 spiro atoms. The van der Waals surface area contributed by atoms with Crippen LogP contribution in [0, 0.1) is 0 Å². The van der Waals surface area contributed by atoms with Crippen LogP contribution >= 0.6 is 0 Å². The first-order valence-electron chi connectivity index (χ1n) is 9.04. The Bertz CT molecular complexity index is 863. The summed E-state index contributed by atoms with van der Waals surface area (Å²) in [6.07, 6.45) is 0. The van der Waals surface area contributed by atoms with E-state index < -0.39 is 0 Å². The summed E-state index contributed by atoms with van der Waals surface area (Å²) in [6.45, 7) is 1.83. The molecule has 2 amide bonds. The van der Waals surface area contributed by atoms with E-state index >= 15 is 0 Å². The first-order valence-corrected chi connectivity index (χ1v) is 9.04. The van der Waals surface area contributed by atoms with Crippen LogP contribution in [-0.2, 0) is 9.59 Å². The van der Waals surface area contributed by atoms with Crippen LogP contribution in [0.25, 0.3) is 0 Å². The fourth-order valence-electron chi connectivity index (χ4n) is 2.28. The second-order valence-electron chi connectivity index (χ2n) is 6.39. The third-order valence-corrected chi connectivity index (χ3v) is 4.03. The summed E-state index contributed by atoms with van der Waals surface area (Å²) in [5, 5.41) is 7.13. The van der Waals surface area contributed by atoms with Crippen LogP contribution in [0.1, 0.15) is 12.5 Å². The topological polar surface area (TPSA) is 92.3 Å². The van der Waals surface area contributed by atoms with Gasteiger partial charge in [-0.25, -0.2) is 5.43 Å². The van der Waals surface area contributed by atoms with Crippen LogP contribution in [0.2, 0.25) is 0 Å². The summed E-state index contributed by atoms with van der Waals surface area (Å²) in [6, 6.07) is 14.5. The lowest BCUT2D eigenvalue weighted by Crippen LogP contribution is -2.27. The standard InChI is InChI=1S/C21H26N4O4/c1-15(16-9-11-17(12-10-16)29-14-21(27)25(2)3)23-24-20(26)13-22-18-7-5-6-8-19(18)28-4/h5-12,22H,13-14H2,1-4H3,(H,24,26)/b23-15+. The number of ether oxygens (including phenoxy) is 2. The van der Waals surface area contributed by atoms with E-state index in [1.807, 2.05) is 36.4 Å². The number of hydrazone groups is 1. The van der Waals surface area contributed by atoms with Crippen molar-refractivity contribution in [2.45, 2.75) is 6.92 Å². The first kappa shape index (κ1) is 21.7. The molecule has 0 aliphatic heterocycles. The van der Waals surface area contributed by atoms with Crippen LogP contribution in [0.4, 0.5) is 5.69 Å². The lowest BCUT2D eigenvalue weighted by molar-refractivity contribution is -0.130. The summed E-state index contributed by atoms with van der Waals surface area (Å²) >= 11 is 0. The molecule has 2 rings (SSSR count). The van der Waals surface area contributed by atoms with Gasteiger partial charge in [0, 0.05) is 14.1 Å².